The molecule has 1 aromatic rings. The van der Waals surface area contributed by atoms with Gasteiger partial charge in [-0.1, -0.05) is 12.1 Å². The number of rotatable bonds is 4. The lowest BCUT2D eigenvalue weighted by atomic mass is 10.0. The van der Waals surface area contributed by atoms with E-state index in [0.29, 0.717) is 5.56 Å². The third-order valence-corrected chi connectivity index (χ3v) is 2.38. The smallest absolute Gasteiger partial charge is 0.339 e. The van der Waals surface area contributed by atoms with Crippen molar-refractivity contribution in [3.63, 3.8) is 0 Å². The van der Waals surface area contributed by atoms with E-state index in [-0.39, 0.29) is 23.3 Å². The first kappa shape index (κ1) is 15.2. The number of hydrogen-bond donors (Lipinski definition) is 0. The molecule has 4 nitrogen and oxygen atoms in total. The van der Waals surface area contributed by atoms with Gasteiger partial charge in [0, 0.05) is 0 Å². The van der Waals surface area contributed by atoms with Crippen LogP contribution in [0.15, 0.2) is 18.2 Å². The molecule has 0 aliphatic rings. The summed E-state index contributed by atoms with van der Waals surface area (Å²) in [5.41, 5.74) is 1.23. The van der Waals surface area contributed by atoms with Gasteiger partial charge >= 0.3 is 11.9 Å². The standard InChI is InChI=1S/C15H20O4/c1-9(2)18-14(16)12-8-6-7-11(5)13(12)15(17)19-10(3)4/h6-10H,1-5H3. The van der Waals surface area contributed by atoms with Crippen molar-refractivity contribution in [2.45, 2.75) is 46.8 Å². The molecule has 0 saturated carbocycles. The molecule has 0 amide bonds. The number of benzene rings is 1. The number of carbonyl (C=O) groups excluding carboxylic acids is 2. The Hall–Kier alpha value is -1.84. The van der Waals surface area contributed by atoms with Crippen LogP contribution in [0.3, 0.4) is 0 Å². The molecular weight excluding hydrogens is 244 g/mol. The molecule has 0 spiro atoms. The van der Waals surface area contributed by atoms with Crippen LogP contribution in [-0.2, 0) is 9.47 Å². The summed E-state index contributed by atoms with van der Waals surface area (Å²) in [6.45, 7) is 8.83. The van der Waals surface area contributed by atoms with E-state index in [1.54, 1.807) is 52.8 Å². The van der Waals surface area contributed by atoms with Crippen molar-refractivity contribution in [2.75, 3.05) is 0 Å². The molecule has 4 heteroatoms. The van der Waals surface area contributed by atoms with Crippen molar-refractivity contribution >= 4 is 11.9 Å². The molecule has 0 radical (unpaired) electrons. The quantitative estimate of drug-likeness (QED) is 0.784. The molecule has 104 valence electrons. The maximum absolute atomic E-state index is 12.1. The molecule has 0 aliphatic carbocycles. The van der Waals surface area contributed by atoms with Crippen LogP contribution in [0.25, 0.3) is 0 Å². The van der Waals surface area contributed by atoms with Gasteiger partial charge in [0.2, 0.25) is 0 Å². The molecule has 0 fully saturated rings. The van der Waals surface area contributed by atoms with E-state index < -0.39 is 11.9 Å². The normalized spacial score (nSPS) is 10.7. The zero-order valence-electron chi connectivity index (χ0n) is 12.0. The highest BCUT2D eigenvalue weighted by molar-refractivity contribution is 6.04. The summed E-state index contributed by atoms with van der Waals surface area (Å²) in [5, 5.41) is 0. The predicted octanol–water partition coefficient (Wildman–Crippen LogP) is 3.13. The maximum atomic E-state index is 12.1. The summed E-state index contributed by atoms with van der Waals surface area (Å²) in [6, 6.07) is 5.07. The fourth-order valence-corrected chi connectivity index (χ4v) is 1.66. The van der Waals surface area contributed by atoms with Gasteiger partial charge in [-0.2, -0.15) is 0 Å². The van der Waals surface area contributed by atoms with Crippen LogP contribution in [-0.4, -0.2) is 24.1 Å². The average molecular weight is 264 g/mol. The lowest BCUT2D eigenvalue weighted by Crippen LogP contribution is -2.19. The van der Waals surface area contributed by atoms with Crippen LogP contribution >= 0.6 is 0 Å². The SMILES string of the molecule is Cc1cccc(C(=O)OC(C)C)c1C(=O)OC(C)C. The molecule has 19 heavy (non-hydrogen) atoms. The minimum absolute atomic E-state index is 0.234. The van der Waals surface area contributed by atoms with Crippen LogP contribution in [0.4, 0.5) is 0 Å². The highest BCUT2D eigenvalue weighted by Gasteiger charge is 2.22. The van der Waals surface area contributed by atoms with Crippen LogP contribution in [0.1, 0.15) is 54.0 Å². The second-order valence-corrected chi connectivity index (χ2v) is 4.91. The van der Waals surface area contributed by atoms with Gasteiger partial charge in [-0.25, -0.2) is 9.59 Å². The summed E-state index contributed by atoms with van der Waals surface area (Å²) in [5.74, 6) is -1.00. The van der Waals surface area contributed by atoms with Gasteiger partial charge < -0.3 is 9.47 Å². The Morgan fingerprint density at radius 2 is 1.47 bits per heavy atom. The molecule has 0 N–H and O–H groups in total. The Bertz CT molecular complexity index is 475. The third-order valence-electron chi connectivity index (χ3n) is 2.38. The highest BCUT2D eigenvalue weighted by Crippen LogP contribution is 2.18. The first-order valence-electron chi connectivity index (χ1n) is 6.34. The summed E-state index contributed by atoms with van der Waals surface area (Å²) < 4.78 is 10.3. The molecule has 0 atom stereocenters. The molecule has 0 heterocycles. The highest BCUT2D eigenvalue weighted by atomic mass is 16.5. The lowest BCUT2D eigenvalue weighted by molar-refractivity contribution is 0.0327. The monoisotopic (exact) mass is 264 g/mol. The molecule has 0 saturated heterocycles. The van der Waals surface area contributed by atoms with Crippen LogP contribution in [0.5, 0.6) is 0 Å². The number of carbonyl (C=O) groups is 2. The summed E-state index contributed by atoms with van der Waals surface area (Å²) in [6.07, 6.45) is -0.469. The number of aryl methyl sites for hydroxylation is 1. The van der Waals surface area contributed by atoms with E-state index in [9.17, 15) is 9.59 Å². The van der Waals surface area contributed by atoms with Gasteiger partial charge in [0.05, 0.1) is 23.3 Å². The van der Waals surface area contributed by atoms with Crippen molar-refractivity contribution < 1.29 is 19.1 Å². The largest absolute Gasteiger partial charge is 0.459 e. The van der Waals surface area contributed by atoms with E-state index >= 15 is 0 Å². The molecule has 1 rings (SSSR count). The number of hydrogen-bond acceptors (Lipinski definition) is 4. The second-order valence-electron chi connectivity index (χ2n) is 4.91. The minimum atomic E-state index is -0.505. The predicted molar refractivity (Wildman–Crippen MR) is 72.3 cm³/mol. The number of ether oxygens (including phenoxy) is 2. The van der Waals surface area contributed by atoms with E-state index in [1.807, 2.05) is 0 Å². The zero-order chi connectivity index (χ0) is 14.6. The van der Waals surface area contributed by atoms with Crippen LogP contribution in [0.2, 0.25) is 0 Å². The van der Waals surface area contributed by atoms with Crippen molar-refractivity contribution in [3.05, 3.63) is 34.9 Å². The Balaban J connectivity index is 3.15. The van der Waals surface area contributed by atoms with Gasteiger partial charge in [-0.05, 0) is 46.2 Å². The fraction of sp³-hybridized carbons (Fsp3) is 0.467. The molecule has 1 aromatic carbocycles. The molecular formula is C15H20O4. The first-order chi connectivity index (χ1) is 8.82. The Kier molecular flexibility index (Phi) is 5.10. The maximum Gasteiger partial charge on any atom is 0.339 e. The van der Waals surface area contributed by atoms with Crippen molar-refractivity contribution in [1.82, 2.24) is 0 Å². The van der Waals surface area contributed by atoms with Crippen molar-refractivity contribution in [1.29, 1.82) is 0 Å². The van der Waals surface area contributed by atoms with E-state index in [4.69, 9.17) is 9.47 Å². The van der Waals surface area contributed by atoms with Gasteiger partial charge in [0.15, 0.2) is 0 Å². The van der Waals surface area contributed by atoms with E-state index in [2.05, 4.69) is 0 Å². The van der Waals surface area contributed by atoms with Gasteiger partial charge in [0.25, 0.3) is 0 Å². The number of esters is 2. The Labute approximate surface area is 113 Å². The Morgan fingerprint density at radius 1 is 0.947 bits per heavy atom. The molecule has 0 aromatic heterocycles. The molecule has 0 aliphatic heterocycles. The first-order valence-corrected chi connectivity index (χ1v) is 6.34. The topological polar surface area (TPSA) is 52.6 Å². The summed E-state index contributed by atoms with van der Waals surface area (Å²) in [4.78, 5) is 24.0. The van der Waals surface area contributed by atoms with Crippen molar-refractivity contribution in [2.24, 2.45) is 0 Å². The second kappa shape index (κ2) is 6.36. The third kappa shape index (κ3) is 4.09. The van der Waals surface area contributed by atoms with Gasteiger partial charge in [-0.3, -0.25) is 0 Å². The zero-order valence-corrected chi connectivity index (χ0v) is 12.0. The summed E-state index contributed by atoms with van der Waals surface area (Å²) in [7, 11) is 0. The van der Waals surface area contributed by atoms with Gasteiger partial charge in [-0.15, -0.1) is 0 Å². The minimum Gasteiger partial charge on any atom is -0.459 e. The lowest BCUT2D eigenvalue weighted by Gasteiger charge is -2.14. The van der Waals surface area contributed by atoms with Crippen molar-refractivity contribution in [3.8, 4) is 0 Å². The van der Waals surface area contributed by atoms with Crippen LogP contribution < -0.4 is 0 Å². The van der Waals surface area contributed by atoms with Crippen LogP contribution in [0, 0.1) is 6.92 Å². The summed E-state index contributed by atoms with van der Waals surface area (Å²) >= 11 is 0. The van der Waals surface area contributed by atoms with Gasteiger partial charge in [0.1, 0.15) is 0 Å². The Morgan fingerprint density at radius 3 is 2.00 bits per heavy atom. The molecule has 0 bridgehead atoms. The van der Waals surface area contributed by atoms with E-state index in [0.717, 1.165) is 0 Å². The average Bonchev–Trinajstić information content (AvgIpc) is 2.26. The van der Waals surface area contributed by atoms with E-state index in [1.165, 1.54) is 0 Å². The molecule has 0 unspecified atom stereocenters. The fourth-order valence-electron chi connectivity index (χ4n) is 1.66.